The van der Waals surface area contributed by atoms with E-state index in [1.807, 2.05) is 72.8 Å². The van der Waals surface area contributed by atoms with Crippen LogP contribution in [0.5, 0.6) is 11.5 Å². The molecule has 0 radical (unpaired) electrons. The Kier molecular flexibility index (Phi) is 15.6. The van der Waals surface area contributed by atoms with Crippen molar-refractivity contribution in [3.63, 3.8) is 0 Å². The Labute approximate surface area is 493 Å². The molecule has 0 fully saturated rings. The molecule has 0 aliphatic carbocycles. The van der Waals surface area contributed by atoms with Gasteiger partial charge in [-0.3, -0.25) is 9.59 Å². The van der Waals surface area contributed by atoms with Gasteiger partial charge in [-0.15, -0.1) is 0 Å². The molecular formula is C78H68N2O4. The summed E-state index contributed by atoms with van der Waals surface area (Å²) in [6, 6.07) is 80.3. The number of aryl methyl sites for hydroxylation is 4. The smallest absolute Gasteiger partial charge is 0.193 e. The number of carbonyl (C=O) groups excluding carboxylic acids is 2. The van der Waals surface area contributed by atoms with Crippen LogP contribution in [-0.4, -0.2) is 25.8 Å². The van der Waals surface area contributed by atoms with Crippen LogP contribution in [0, 0.1) is 13.8 Å². The summed E-state index contributed by atoms with van der Waals surface area (Å²) in [5.74, 6) is 1.52. The Morgan fingerprint density at radius 2 is 0.655 bits per heavy atom. The summed E-state index contributed by atoms with van der Waals surface area (Å²) in [5.41, 5.74) is 17.4. The highest BCUT2D eigenvalue weighted by molar-refractivity contribution is 6.32. The van der Waals surface area contributed by atoms with Crippen molar-refractivity contribution in [2.45, 2.75) is 66.2 Å². The van der Waals surface area contributed by atoms with Gasteiger partial charge in [0, 0.05) is 66.5 Å². The average molecular weight is 1100 g/mol. The van der Waals surface area contributed by atoms with E-state index in [1.165, 1.54) is 11.1 Å². The third-order valence-corrected chi connectivity index (χ3v) is 16.6. The van der Waals surface area contributed by atoms with E-state index in [0.717, 1.165) is 150 Å². The zero-order valence-electron chi connectivity index (χ0n) is 48.7. The van der Waals surface area contributed by atoms with E-state index in [1.54, 1.807) is 14.2 Å². The fourth-order valence-corrected chi connectivity index (χ4v) is 11.9. The van der Waals surface area contributed by atoms with E-state index in [0.29, 0.717) is 22.3 Å². The molecular weight excluding hydrogens is 1030 g/mol. The van der Waals surface area contributed by atoms with Crippen LogP contribution in [-0.2, 0) is 12.8 Å². The van der Waals surface area contributed by atoms with Crippen LogP contribution >= 0.6 is 0 Å². The second-order valence-corrected chi connectivity index (χ2v) is 22.1. The summed E-state index contributed by atoms with van der Waals surface area (Å²) < 4.78 is 11.4. The largest absolute Gasteiger partial charge is 0.497 e. The normalized spacial score (nSPS) is 11.4. The lowest BCUT2D eigenvalue weighted by Crippen LogP contribution is -2.12. The number of hydrogen-bond acceptors (Lipinski definition) is 6. The van der Waals surface area contributed by atoms with Gasteiger partial charge in [0.2, 0.25) is 0 Å². The Hall–Kier alpha value is -9.78. The van der Waals surface area contributed by atoms with Crippen molar-refractivity contribution in [3.8, 4) is 33.8 Å². The van der Waals surface area contributed by atoms with Gasteiger partial charge in [0.1, 0.15) is 11.5 Å². The quantitative estimate of drug-likeness (QED) is 0.0560. The van der Waals surface area contributed by atoms with Crippen molar-refractivity contribution in [2.24, 2.45) is 0 Å². The van der Waals surface area contributed by atoms with E-state index in [-0.39, 0.29) is 11.6 Å². The maximum Gasteiger partial charge on any atom is 0.193 e. The van der Waals surface area contributed by atoms with Crippen LogP contribution in [0.2, 0.25) is 0 Å². The van der Waals surface area contributed by atoms with E-state index in [9.17, 15) is 9.59 Å². The molecule has 12 rings (SSSR count). The van der Waals surface area contributed by atoms with Crippen LogP contribution in [0.25, 0.3) is 54.6 Å². The minimum atomic E-state index is -0.00590. The van der Waals surface area contributed by atoms with Gasteiger partial charge in [0.05, 0.1) is 25.6 Å². The SMILES string of the molecule is CCCCc1ccc(C(=O)c2ccc(-c3cc(N(c4ccc(C)cc4)c4ccc(OC)cc4)c4ccc5c(-c6ccc(C(=O)c7ccc(CCCC)cc7)cc6)cc(N(c6ccc(C)cc6)c6ccc(OC)cc6)c6ccc3c4c56)cc2)cc1. The molecule has 0 saturated heterocycles. The number of benzene rings is 12. The second kappa shape index (κ2) is 24.0. The number of nitrogens with zero attached hydrogens (tertiary/aromatic N) is 2. The van der Waals surface area contributed by atoms with Gasteiger partial charge in [0.25, 0.3) is 0 Å². The van der Waals surface area contributed by atoms with Crippen LogP contribution in [0.1, 0.15) is 93.6 Å². The maximum absolute atomic E-state index is 14.2. The first-order valence-corrected chi connectivity index (χ1v) is 29.4. The monoisotopic (exact) mass is 1100 g/mol. The number of unbranched alkanes of at least 4 members (excludes halogenated alkanes) is 2. The number of carbonyl (C=O) groups is 2. The van der Waals surface area contributed by atoms with Crippen LogP contribution in [0.3, 0.4) is 0 Å². The van der Waals surface area contributed by atoms with Gasteiger partial charge in [0.15, 0.2) is 11.6 Å². The molecule has 0 saturated carbocycles. The second-order valence-electron chi connectivity index (χ2n) is 22.1. The number of methoxy groups -OCH3 is 2. The first-order valence-electron chi connectivity index (χ1n) is 29.4. The molecule has 6 heteroatoms. The third-order valence-electron chi connectivity index (χ3n) is 16.6. The van der Waals surface area contributed by atoms with Gasteiger partial charge < -0.3 is 19.3 Å². The van der Waals surface area contributed by atoms with Crippen molar-refractivity contribution >= 4 is 78.0 Å². The molecule has 0 bridgehead atoms. The molecule has 414 valence electrons. The minimum absolute atomic E-state index is 0.00590. The summed E-state index contributed by atoms with van der Waals surface area (Å²) in [6.45, 7) is 8.63. The van der Waals surface area contributed by atoms with E-state index >= 15 is 0 Å². The maximum atomic E-state index is 14.2. The standard InChI is InChI=1S/C78H68N2O4/c1-7-9-11-53-17-21-57(22-18-53)77(81)59-29-25-55(26-30-59)71-49-73(79(61-33-13-51(3)14-34-61)63-37-41-65(83-5)42-38-63)69-48-46-68-72(56-27-31-60(32-28-56)78(82)58-23-19-54(20-24-58)12-10-8-2)50-74(70-47-45-67(71)75(69)76(68)70)80(62-35-15-52(4)16-36-62)64-39-43-66(84-6)44-40-64/h13-50H,7-12H2,1-6H3. The molecule has 0 amide bonds. The number of ketones is 2. The molecule has 0 atom stereocenters. The predicted molar refractivity (Wildman–Crippen MR) is 350 cm³/mol. The number of ether oxygens (including phenoxy) is 2. The number of rotatable bonds is 20. The Balaban J connectivity index is 1.12. The molecule has 12 aromatic rings. The minimum Gasteiger partial charge on any atom is -0.497 e. The van der Waals surface area contributed by atoms with Gasteiger partial charge in [-0.1, -0.05) is 183 Å². The highest BCUT2D eigenvalue weighted by Crippen LogP contribution is 2.52. The van der Waals surface area contributed by atoms with Gasteiger partial charge >= 0.3 is 0 Å². The predicted octanol–water partition coefficient (Wildman–Crippen LogP) is 20.6. The highest BCUT2D eigenvalue weighted by atomic mass is 16.5. The summed E-state index contributed by atoms with van der Waals surface area (Å²) in [4.78, 5) is 33.1. The van der Waals surface area contributed by atoms with Crippen molar-refractivity contribution in [1.29, 1.82) is 0 Å². The van der Waals surface area contributed by atoms with Gasteiger partial charge in [-0.05, 0) is 169 Å². The zero-order valence-corrected chi connectivity index (χ0v) is 48.7. The highest BCUT2D eigenvalue weighted by Gasteiger charge is 2.27. The summed E-state index contributed by atoms with van der Waals surface area (Å²) in [5, 5.41) is 6.47. The number of hydrogen-bond donors (Lipinski definition) is 0. The first-order chi connectivity index (χ1) is 41.1. The summed E-state index contributed by atoms with van der Waals surface area (Å²) in [7, 11) is 3.39. The molecule has 0 aliphatic rings. The third kappa shape index (κ3) is 10.8. The molecule has 84 heavy (non-hydrogen) atoms. The van der Waals surface area contributed by atoms with Gasteiger partial charge in [-0.25, -0.2) is 0 Å². The summed E-state index contributed by atoms with van der Waals surface area (Å²) >= 11 is 0. The van der Waals surface area contributed by atoms with Crippen molar-refractivity contribution in [3.05, 3.63) is 275 Å². The fourth-order valence-electron chi connectivity index (χ4n) is 11.9. The van der Waals surface area contributed by atoms with Crippen molar-refractivity contribution < 1.29 is 19.1 Å². The molecule has 12 aromatic carbocycles. The average Bonchev–Trinajstić information content (AvgIpc) is 0.916. The molecule has 0 aliphatic heterocycles. The van der Waals surface area contributed by atoms with Gasteiger partial charge in [-0.2, -0.15) is 0 Å². The van der Waals surface area contributed by atoms with Crippen molar-refractivity contribution in [2.75, 3.05) is 24.0 Å². The van der Waals surface area contributed by atoms with Crippen LogP contribution in [0.4, 0.5) is 34.1 Å². The Morgan fingerprint density at radius 3 is 0.964 bits per heavy atom. The van der Waals surface area contributed by atoms with Crippen LogP contribution < -0.4 is 19.3 Å². The Bertz CT molecular complexity index is 4000. The summed E-state index contributed by atoms with van der Waals surface area (Å²) in [6.07, 6.45) is 6.49. The number of anilines is 6. The molecule has 0 aromatic heterocycles. The lowest BCUT2D eigenvalue weighted by Gasteiger charge is -2.31. The molecule has 0 N–H and O–H groups in total. The molecule has 6 nitrogen and oxygen atoms in total. The van der Waals surface area contributed by atoms with E-state index < -0.39 is 0 Å². The molecule has 0 spiro atoms. The topological polar surface area (TPSA) is 59.1 Å². The van der Waals surface area contributed by atoms with Crippen molar-refractivity contribution in [1.82, 2.24) is 0 Å². The van der Waals surface area contributed by atoms with Crippen LogP contribution in [0.15, 0.2) is 231 Å². The lowest BCUT2D eigenvalue weighted by molar-refractivity contribution is 0.103. The van der Waals surface area contributed by atoms with E-state index in [4.69, 9.17) is 9.47 Å². The van der Waals surface area contributed by atoms with E-state index in [2.05, 4.69) is 195 Å². The molecule has 0 unspecified atom stereocenters. The Morgan fingerprint density at radius 1 is 0.357 bits per heavy atom. The molecule has 0 heterocycles. The first kappa shape index (κ1) is 54.8. The fraction of sp³-hybridized carbons (Fsp3) is 0.154. The lowest BCUT2D eigenvalue weighted by atomic mass is 9.85. The zero-order chi connectivity index (χ0) is 57.8.